The third kappa shape index (κ3) is 2.92. The average molecular weight is 250 g/mol. The fourth-order valence-corrected chi connectivity index (χ4v) is 2.07. The number of hydrogen-bond acceptors (Lipinski definition) is 3. The van der Waals surface area contributed by atoms with E-state index in [-0.39, 0.29) is 18.6 Å². The number of benzene rings is 1. The van der Waals surface area contributed by atoms with E-state index < -0.39 is 0 Å². The average Bonchev–Trinajstić information content (AvgIpc) is 2.88. The van der Waals surface area contributed by atoms with Crippen LogP contribution in [0.1, 0.15) is 6.42 Å². The highest BCUT2D eigenvalue weighted by Gasteiger charge is 2.25. The first-order valence-electron chi connectivity index (χ1n) is 6.03. The first-order valence-corrected chi connectivity index (χ1v) is 6.03. The number of methoxy groups -OCH3 is 1. The summed E-state index contributed by atoms with van der Waals surface area (Å²) in [5, 5.41) is 11.9. The number of aliphatic hydroxyl groups is 1. The molecule has 2 N–H and O–H groups in total. The minimum atomic E-state index is -0.126. The van der Waals surface area contributed by atoms with Crippen molar-refractivity contribution >= 4 is 11.7 Å². The molecule has 0 aromatic heterocycles. The lowest BCUT2D eigenvalue weighted by molar-refractivity contribution is 0.209. The number of aliphatic hydroxyl groups excluding tert-OH is 1. The molecule has 5 heteroatoms. The van der Waals surface area contributed by atoms with Crippen molar-refractivity contribution in [3.8, 4) is 5.75 Å². The smallest absolute Gasteiger partial charge is 0.321 e. The molecule has 2 rings (SSSR count). The van der Waals surface area contributed by atoms with Crippen molar-refractivity contribution in [2.24, 2.45) is 5.92 Å². The second kappa shape index (κ2) is 5.73. The van der Waals surface area contributed by atoms with Crippen LogP contribution in [0.15, 0.2) is 24.3 Å². The molecule has 0 bridgehead atoms. The summed E-state index contributed by atoms with van der Waals surface area (Å²) in [6, 6.07) is 7.12. The van der Waals surface area contributed by atoms with Gasteiger partial charge in [-0.1, -0.05) is 6.07 Å². The summed E-state index contributed by atoms with van der Waals surface area (Å²) in [6.45, 7) is 1.45. The Kier molecular flexibility index (Phi) is 4.04. The summed E-state index contributed by atoms with van der Waals surface area (Å²) in [5.41, 5.74) is 0.715. The number of nitrogens with zero attached hydrogens (tertiary/aromatic N) is 1. The molecule has 0 aliphatic carbocycles. The molecule has 1 saturated heterocycles. The van der Waals surface area contributed by atoms with Crippen LogP contribution in [0.25, 0.3) is 0 Å². The van der Waals surface area contributed by atoms with Gasteiger partial charge in [0.05, 0.1) is 7.11 Å². The molecular formula is C13H18N2O3. The maximum Gasteiger partial charge on any atom is 0.321 e. The molecule has 5 nitrogen and oxygen atoms in total. The number of nitrogens with one attached hydrogen (secondary N) is 1. The molecule has 18 heavy (non-hydrogen) atoms. The first kappa shape index (κ1) is 12.7. The van der Waals surface area contributed by atoms with Crippen molar-refractivity contribution in [3.05, 3.63) is 24.3 Å². The summed E-state index contributed by atoms with van der Waals surface area (Å²) in [7, 11) is 1.59. The second-order valence-electron chi connectivity index (χ2n) is 4.45. The van der Waals surface area contributed by atoms with Gasteiger partial charge < -0.3 is 20.1 Å². The maximum absolute atomic E-state index is 12.0. The van der Waals surface area contributed by atoms with Gasteiger partial charge in [-0.05, 0) is 18.6 Å². The lowest BCUT2D eigenvalue weighted by atomic mass is 10.1. The Hall–Kier alpha value is -1.75. The summed E-state index contributed by atoms with van der Waals surface area (Å²) in [5.74, 6) is 0.920. The lowest BCUT2D eigenvalue weighted by Crippen LogP contribution is -2.33. The fraction of sp³-hybridized carbons (Fsp3) is 0.462. The van der Waals surface area contributed by atoms with Gasteiger partial charge in [0.25, 0.3) is 0 Å². The van der Waals surface area contributed by atoms with Crippen molar-refractivity contribution in [2.75, 3.05) is 32.1 Å². The highest BCUT2D eigenvalue weighted by Crippen LogP contribution is 2.19. The largest absolute Gasteiger partial charge is 0.497 e. The summed E-state index contributed by atoms with van der Waals surface area (Å²) >= 11 is 0. The minimum absolute atomic E-state index is 0.126. The van der Waals surface area contributed by atoms with Gasteiger partial charge in [-0.25, -0.2) is 4.79 Å². The summed E-state index contributed by atoms with van der Waals surface area (Å²) in [6.07, 6.45) is 0.863. The van der Waals surface area contributed by atoms with E-state index >= 15 is 0 Å². The number of likely N-dealkylation sites (tertiary alicyclic amines) is 1. The van der Waals surface area contributed by atoms with E-state index in [4.69, 9.17) is 9.84 Å². The monoisotopic (exact) mass is 250 g/mol. The molecule has 1 unspecified atom stereocenters. The summed E-state index contributed by atoms with van der Waals surface area (Å²) < 4.78 is 5.10. The lowest BCUT2D eigenvalue weighted by Gasteiger charge is -2.17. The van der Waals surface area contributed by atoms with Crippen LogP contribution >= 0.6 is 0 Å². The normalized spacial score (nSPS) is 18.8. The molecular weight excluding hydrogens is 232 g/mol. The molecule has 1 atom stereocenters. The number of ether oxygens (including phenoxy) is 1. The van der Waals surface area contributed by atoms with E-state index in [9.17, 15) is 4.79 Å². The molecule has 1 fully saturated rings. The van der Waals surface area contributed by atoms with Crippen LogP contribution in [0.2, 0.25) is 0 Å². The molecule has 1 aromatic carbocycles. The van der Waals surface area contributed by atoms with Gasteiger partial charge in [0.15, 0.2) is 0 Å². The van der Waals surface area contributed by atoms with Crippen LogP contribution in [0.3, 0.4) is 0 Å². The molecule has 98 valence electrons. The zero-order valence-electron chi connectivity index (χ0n) is 10.4. The molecule has 0 saturated carbocycles. The first-order chi connectivity index (χ1) is 8.72. The molecule has 0 radical (unpaired) electrons. The van der Waals surface area contributed by atoms with Gasteiger partial charge in [0, 0.05) is 37.4 Å². The summed E-state index contributed by atoms with van der Waals surface area (Å²) in [4.78, 5) is 13.7. The van der Waals surface area contributed by atoms with Crippen LogP contribution in [-0.4, -0.2) is 42.8 Å². The zero-order chi connectivity index (χ0) is 13.0. The second-order valence-corrected chi connectivity index (χ2v) is 4.45. The highest BCUT2D eigenvalue weighted by molar-refractivity contribution is 5.89. The van der Waals surface area contributed by atoms with Gasteiger partial charge in [0.2, 0.25) is 0 Å². The molecule has 1 aliphatic rings. The van der Waals surface area contributed by atoms with E-state index in [2.05, 4.69) is 5.32 Å². The number of urea groups is 1. The quantitative estimate of drug-likeness (QED) is 0.855. The zero-order valence-corrected chi connectivity index (χ0v) is 10.4. The predicted molar refractivity (Wildman–Crippen MR) is 68.8 cm³/mol. The van der Waals surface area contributed by atoms with Crippen LogP contribution in [0.4, 0.5) is 10.5 Å². The Morgan fingerprint density at radius 2 is 2.44 bits per heavy atom. The number of rotatable bonds is 3. The van der Waals surface area contributed by atoms with Gasteiger partial charge in [-0.2, -0.15) is 0 Å². The molecule has 1 aromatic rings. The number of carbonyl (C=O) groups is 1. The van der Waals surface area contributed by atoms with E-state index in [0.717, 1.165) is 6.42 Å². The van der Waals surface area contributed by atoms with Crippen molar-refractivity contribution in [3.63, 3.8) is 0 Å². The van der Waals surface area contributed by atoms with Gasteiger partial charge in [0.1, 0.15) is 5.75 Å². The molecule has 1 heterocycles. The van der Waals surface area contributed by atoms with Crippen LogP contribution in [-0.2, 0) is 0 Å². The van der Waals surface area contributed by atoms with Crippen LogP contribution in [0, 0.1) is 5.92 Å². The molecule has 1 aliphatic heterocycles. The number of amides is 2. The Morgan fingerprint density at radius 1 is 1.61 bits per heavy atom. The minimum Gasteiger partial charge on any atom is -0.497 e. The van der Waals surface area contributed by atoms with Crippen LogP contribution < -0.4 is 10.1 Å². The fourth-order valence-electron chi connectivity index (χ4n) is 2.07. The molecule has 0 spiro atoms. The Bertz CT molecular complexity index is 422. The number of anilines is 1. The van der Waals surface area contributed by atoms with E-state index in [1.54, 1.807) is 18.1 Å². The van der Waals surface area contributed by atoms with Gasteiger partial charge in [-0.15, -0.1) is 0 Å². The third-order valence-corrected chi connectivity index (χ3v) is 3.15. The van der Waals surface area contributed by atoms with Crippen molar-refractivity contribution < 1.29 is 14.6 Å². The van der Waals surface area contributed by atoms with Crippen molar-refractivity contribution in [1.29, 1.82) is 0 Å². The van der Waals surface area contributed by atoms with Crippen molar-refractivity contribution in [1.82, 2.24) is 4.90 Å². The van der Waals surface area contributed by atoms with Gasteiger partial charge in [-0.3, -0.25) is 0 Å². The van der Waals surface area contributed by atoms with Crippen molar-refractivity contribution in [2.45, 2.75) is 6.42 Å². The number of carbonyl (C=O) groups excluding carboxylic acids is 1. The third-order valence-electron chi connectivity index (χ3n) is 3.15. The Morgan fingerprint density at radius 3 is 3.11 bits per heavy atom. The van der Waals surface area contributed by atoms with Gasteiger partial charge >= 0.3 is 6.03 Å². The van der Waals surface area contributed by atoms with Crippen LogP contribution in [0.5, 0.6) is 5.75 Å². The topological polar surface area (TPSA) is 61.8 Å². The van der Waals surface area contributed by atoms with E-state index in [0.29, 0.717) is 24.5 Å². The Labute approximate surface area is 106 Å². The standard InChI is InChI=1S/C13H18N2O3/c1-18-12-4-2-3-11(7-12)14-13(17)15-6-5-10(8-15)9-16/h2-4,7,10,16H,5-6,8-9H2,1H3,(H,14,17). The maximum atomic E-state index is 12.0. The van der Waals surface area contributed by atoms with E-state index in [1.807, 2.05) is 18.2 Å². The van der Waals surface area contributed by atoms with E-state index in [1.165, 1.54) is 0 Å². The molecule has 2 amide bonds. The highest BCUT2D eigenvalue weighted by atomic mass is 16.5. The predicted octanol–water partition coefficient (Wildman–Crippen LogP) is 1.54. The Balaban J connectivity index is 1.94. The number of hydrogen-bond donors (Lipinski definition) is 2. The SMILES string of the molecule is COc1cccc(NC(=O)N2CCC(CO)C2)c1.